The zero-order chi connectivity index (χ0) is 26.2. The molecule has 0 spiro atoms. The van der Waals surface area contributed by atoms with E-state index < -0.39 is 6.10 Å². The Morgan fingerprint density at radius 2 is 1.97 bits per heavy atom. The first-order valence-electron chi connectivity index (χ1n) is 12.5. The number of imidazole rings is 1. The van der Waals surface area contributed by atoms with Gasteiger partial charge in [-0.05, 0) is 43.7 Å². The number of nitrogens with one attached hydrogen (secondary N) is 1. The normalized spacial score (nSPS) is 17.1. The lowest BCUT2D eigenvalue weighted by atomic mass is 9.85. The van der Waals surface area contributed by atoms with Crippen LogP contribution < -0.4 is 10.1 Å². The fourth-order valence-corrected chi connectivity index (χ4v) is 4.49. The van der Waals surface area contributed by atoms with E-state index in [1.165, 1.54) is 0 Å². The molecule has 0 radical (unpaired) electrons. The summed E-state index contributed by atoms with van der Waals surface area (Å²) in [6.45, 7) is 8.56. The fraction of sp³-hybridized carbons (Fsp3) is 0.444. The van der Waals surface area contributed by atoms with Gasteiger partial charge in [0.15, 0.2) is 5.65 Å². The lowest BCUT2D eigenvalue weighted by Gasteiger charge is -2.26. The molecule has 37 heavy (non-hydrogen) atoms. The molecule has 0 bridgehead atoms. The number of methoxy groups -OCH3 is 1. The molecule has 10 nitrogen and oxygen atoms in total. The van der Waals surface area contributed by atoms with E-state index in [1.807, 2.05) is 44.4 Å². The van der Waals surface area contributed by atoms with Gasteiger partial charge in [0.25, 0.3) is 0 Å². The average Bonchev–Trinajstić information content (AvgIpc) is 3.32. The molecule has 1 unspecified atom stereocenters. The summed E-state index contributed by atoms with van der Waals surface area (Å²) in [6, 6.07) is 5.57. The average molecular weight is 504 g/mol. The minimum Gasteiger partial charge on any atom is -0.481 e. The summed E-state index contributed by atoms with van der Waals surface area (Å²) in [7, 11) is 1.58. The molecule has 4 aromatic rings. The van der Waals surface area contributed by atoms with E-state index in [-0.39, 0.29) is 11.6 Å². The van der Waals surface area contributed by atoms with Crippen LogP contribution in [0.4, 0.5) is 11.5 Å². The van der Waals surface area contributed by atoms with Crippen molar-refractivity contribution < 1.29 is 14.6 Å². The molecule has 10 heteroatoms. The number of anilines is 2. The molecule has 2 atom stereocenters. The number of pyridine rings is 2. The second kappa shape index (κ2) is 10.0. The van der Waals surface area contributed by atoms with Gasteiger partial charge in [0.05, 0.1) is 31.4 Å². The largest absolute Gasteiger partial charge is 0.481 e. The SMILES string of the molecule is COc1ccc(Nc2ncc([C@@H](O)C(C)(C)C)cc2-c2nc(C)nc3c2ncn3C2CCCCO2)cn1. The van der Waals surface area contributed by atoms with Gasteiger partial charge in [-0.1, -0.05) is 20.8 Å². The molecule has 5 heterocycles. The summed E-state index contributed by atoms with van der Waals surface area (Å²) in [5, 5.41) is 14.4. The van der Waals surface area contributed by atoms with Crippen molar-refractivity contribution in [3.63, 3.8) is 0 Å². The fourth-order valence-electron chi connectivity index (χ4n) is 4.49. The lowest BCUT2D eigenvalue weighted by molar-refractivity contribution is -0.0298. The van der Waals surface area contributed by atoms with Crippen LogP contribution in [-0.2, 0) is 4.74 Å². The molecular weight excluding hydrogens is 470 g/mol. The van der Waals surface area contributed by atoms with E-state index in [0.29, 0.717) is 45.5 Å². The summed E-state index contributed by atoms with van der Waals surface area (Å²) >= 11 is 0. The number of aliphatic hydroxyl groups is 1. The first kappa shape index (κ1) is 25.0. The van der Waals surface area contributed by atoms with Crippen LogP contribution in [0.2, 0.25) is 0 Å². The molecular formula is C27H33N7O3. The number of hydrogen-bond donors (Lipinski definition) is 2. The molecule has 0 aliphatic carbocycles. The first-order chi connectivity index (χ1) is 17.7. The standard InChI is InChI=1S/C27H33N7O3/c1-16-31-22(23-26(32-16)34(15-30-23)21-8-6-7-11-37-21)19-12-17(24(35)27(2,3)4)13-29-25(19)33-18-9-10-20(36-5)28-14-18/h9-10,12-15,21,24,35H,6-8,11H2,1-5H3,(H,29,33)/t21?,24-/m1/s1. The van der Waals surface area contributed by atoms with Crippen LogP contribution in [0.15, 0.2) is 36.9 Å². The van der Waals surface area contributed by atoms with Crippen LogP contribution in [0.5, 0.6) is 5.88 Å². The molecule has 0 amide bonds. The van der Waals surface area contributed by atoms with E-state index in [9.17, 15) is 5.11 Å². The van der Waals surface area contributed by atoms with Crippen molar-refractivity contribution in [3.8, 4) is 17.1 Å². The zero-order valence-electron chi connectivity index (χ0n) is 21.9. The molecule has 194 valence electrons. The zero-order valence-corrected chi connectivity index (χ0v) is 21.9. The van der Waals surface area contributed by atoms with Crippen molar-refractivity contribution in [1.29, 1.82) is 0 Å². The first-order valence-corrected chi connectivity index (χ1v) is 12.5. The number of hydrogen-bond acceptors (Lipinski definition) is 9. The van der Waals surface area contributed by atoms with E-state index >= 15 is 0 Å². The Hall–Kier alpha value is -3.63. The molecule has 1 fully saturated rings. The van der Waals surface area contributed by atoms with Gasteiger partial charge in [0.1, 0.15) is 29.1 Å². The molecule has 2 N–H and O–H groups in total. The van der Waals surface area contributed by atoms with Crippen LogP contribution in [0.25, 0.3) is 22.4 Å². The third kappa shape index (κ3) is 5.12. The number of rotatable bonds is 6. The minimum absolute atomic E-state index is 0.101. The van der Waals surface area contributed by atoms with Gasteiger partial charge in [0.2, 0.25) is 5.88 Å². The maximum absolute atomic E-state index is 11.1. The Kier molecular flexibility index (Phi) is 6.78. The number of aliphatic hydroxyl groups excluding tert-OH is 1. The Labute approximate surface area is 216 Å². The third-order valence-electron chi connectivity index (χ3n) is 6.51. The predicted molar refractivity (Wildman–Crippen MR) is 141 cm³/mol. The van der Waals surface area contributed by atoms with E-state index in [4.69, 9.17) is 29.4 Å². The summed E-state index contributed by atoms with van der Waals surface area (Å²) in [6.07, 6.45) is 7.40. The quantitative estimate of drug-likeness (QED) is 0.369. The molecule has 4 aromatic heterocycles. The summed E-state index contributed by atoms with van der Waals surface area (Å²) in [4.78, 5) is 23.2. The maximum Gasteiger partial charge on any atom is 0.213 e. The molecule has 1 aliphatic heterocycles. The highest BCUT2D eigenvalue weighted by Gasteiger charge is 2.27. The Morgan fingerprint density at radius 1 is 1.14 bits per heavy atom. The Bertz CT molecular complexity index is 1390. The van der Waals surface area contributed by atoms with Gasteiger partial charge in [0, 0.05) is 30.0 Å². The van der Waals surface area contributed by atoms with Crippen molar-refractivity contribution >= 4 is 22.7 Å². The second-order valence-electron chi connectivity index (χ2n) is 10.4. The van der Waals surface area contributed by atoms with Crippen molar-refractivity contribution in [2.24, 2.45) is 5.41 Å². The minimum atomic E-state index is -0.720. The summed E-state index contributed by atoms with van der Waals surface area (Å²) in [5.74, 6) is 1.70. The lowest BCUT2D eigenvalue weighted by Crippen LogP contribution is -2.18. The number of aryl methyl sites for hydroxylation is 1. The van der Waals surface area contributed by atoms with Gasteiger partial charge < -0.3 is 19.9 Å². The van der Waals surface area contributed by atoms with E-state index in [1.54, 1.807) is 31.9 Å². The van der Waals surface area contributed by atoms with Gasteiger partial charge in [-0.2, -0.15) is 0 Å². The van der Waals surface area contributed by atoms with E-state index in [2.05, 4.69) is 10.3 Å². The van der Waals surface area contributed by atoms with Crippen molar-refractivity contribution in [1.82, 2.24) is 29.5 Å². The number of aromatic nitrogens is 6. The molecule has 5 rings (SSSR count). The Balaban J connectivity index is 1.65. The summed E-state index contributed by atoms with van der Waals surface area (Å²) in [5.41, 5.74) is 3.78. The summed E-state index contributed by atoms with van der Waals surface area (Å²) < 4.78 is 13.2. The van der Waals surface area contributed by atoms with Crippen molar-refractivity contribution in [2.45, 2.75) is 59.3 Å². The van der Waals surface area contributed by atoms with Crippen LogP contribution in [0, 0.1) is 12.3 Å². The van der Waals surface area contributed by atoms with Crippen LogP contribution in [-0.4, -0.2) is 48.3 Å². The topological polar surface area (TPSA) is 120 Å². The smallest absolute Gasteiger partial charge is 0.213 e. The van der Waals surface area contributed by atoms with Crippen LogP contribution in [0.3, 0.4) is 0 Å². The molecule has 0 aromatic carbocycles. The highest BCUT2D eigenvalue weighted by molar-refractivity contribution is 5.92. The number of nitrogens with zero attached hydrogens (tertiary/aromatic N) is 6. The highest BCUT2D eigenvalue weighted by Crippen LogP contribution is 2.38. The monoisotopic (exact) mass is 503 g/mol. The molecule has 0 saturated carbocycles. The van der Waals surface area contributed by atoms with E-state index in [0.717, 1.165) is 31.6 Å². The van der Waals surface area contributed by atoms with Crippen molar-refractivity contribution in [2.75, 3.05) is 19.0 Å². The maximum atomic E-state index is 11.1. The highest BCUT2D eigenvalue weighted by atomic mass is 16.5. The number of ether oxygens (including phenoxy) is 2. The van der Waals surface area contributed by atoms with Gasteiger partial charge in [-0.15, -0.1) is 0 Å². The van der Waals surface area contributed by atoms with Gasteiger partial charge in [-0.3, -0.25) is 4.57 Å². The van der Waals surface area contributed by atoms with Gasteiger partial charge >= 0.3 is 0 Å². The van der Waals surface area contributed by atoms with Crippen LogP contribution in [0.1, 0.15) is 63.8 Å². The predicted octanol–water partition coefficient (Wildman–Crippen LogP) is 5.12. The van der Waals surface area contributed by atoms with Crippen LogP contribution >= 0.6 is 0 Å². The Morgan fingerprint density at radius 3 is 2.65 bits per heavy atom. The number of fused-ring (bicyclic) bond motifs is 1. The van der Waals surface area contributed by atoms with Gasteiger partial charge in [-0.25, -0.2) is 24.9 Å². The third-order valence-corrected chi connectivity index (χ3v) is 6.51. The molecule has 1 aliphatic rings. The van der Waals surface area contributed by atoms with Crippen molar-refractivity contribution in [3.05, 3.63) is 48.3 Å². The second-order valence-corrected chi connectivity index (χ2v) is 10.4. The molecule has 1 saturated heterocycles.